The summed E-state index contributed by atoms with van der Waals surface area (Å²) in [6, 6.07) is 10.4. The molecular weight excluding hydrogens is 425 g/mol. The maximum atomic E-state index is 13.3. The summed E-state index contributed by atoms with van der Waals surface area (Å²) in [5.74, 6) is -0.375. The van der Waals surface area contributed by atoms with E-state index in [2.05, 4.69) is 24.1 Å². The van der Waals surface area contributed by atoms with Gasteiger partial charge in [-0.2, -0.15) is 0 Å². The van der Waals surface area contributed by atoms with Gasteiger partial charge in [0.1, 0.15) is 18.2 Å². The molecule has 2 aromatic carbocycles. The molecule has 0 saturated heterocycles. The molecule has 0 fully saturated rings. The molecule has 0 unspecified atom stereocenters. The third-order valence-corrected chi connectivity index (χ3v) is 6.12. The minimum atomic E-state index is -0.416. The van der Waals surface area contributed by atoms with Crippen molar-refractivity contribution in [2.75, 3.05) is 46.2 Å². The van der Waals surface area contributed by atoms with Crippen molar-refractivity contribution in [1.29, 1.82) is 0 Å². The third-order valence-electron chi connectivity index (χ3n) is 6.12. The van der Waals surface area contributed by atoms with E-state index >= 15 is 0 Å². The summed E-state index contributed by atoms with van der Waals surface area (Å²) in [5.41, 5.74) is 1.12. The normalized spacial score (nSPS) is 22.5. The van der Waals surface area contributed by atoms with Crippen LogP contribution in [-0.2, 0) is 4.74 Å². The Kier molecular flexibility index (Phi) is 8.05. The number of likely N-dealkylation sites (N-methyl/N-ethyl adjacent to an activating group) is 2. The Morgan fingerprint density at radius 1 is 1.12 bits per heavy atom. The Morgan fingerprint density at radius 3 is 2.48 bits per heavy atom. The number of nitrogens with one attached hydrogen (secondary N) is 1. The molecule has 8 heteroatoms. The Labute approximate surface area is 194 Å². The van der Waals surface area contributed by atoms with Gasteiger partial charge in [-0.05, 0) is 62.4 Å². The smallest absolute Gasteiger partial charge is 0.257 e. The van der Waals surface area contributed by atoms with Gasteiger partial charge in [-0.3, -0.25) is 14.5 Å². The minimum Gasteiger partial charge on any atom is -0.491 e. The average molecular weight is 458 g/mol. The van der Waals surface area contributed by atoms with E-state index in [0.29, 0.717) is 35.7 Å². The number of amides is 2. The van der Waals surface area contributed by atoms with E-state index in [1.807, 2.05) is 7.05 Å². The molecule has 3 rings (SSSR count). The maximum absolute atomic E-state index is 13.3. The highest BCUT2D eigenvalue weighted by atomic mass is 19.1. The van der Waals surface area contributed by atoms with Gasteiger partial charge in [0.2, 0.25) is 0 Å². The number of fused-ring (bicyclic) bond motifs is 1. The first-order chi connectivity index (χ1) is 15.7. The number of methoxy groups -OCH3 is 1. The molecule has 33 heavy (non-hydrogen) atoms. The van der Waals surface area contributed by atoms with Gasteiger partial charge in [0.15, 0.2) is 0 Å². The molecular formula is C25H32FN3O4. The van der Waals surface area contributed by atoms with Gasteiger partial charge >= 0.3 is 0 Å². The average Bonchev–Trinajstić information content (AvgIpc) is 2.80. The van der Waals surface area contributed by atoms with E-state index in [1.165, 1.54) is 24.3 Å². The van der Waals surface area contributed by atoms with Crippen molar-refractivity contribution < 1.29 is 23.5 Å². The van der Waals surface area contributed by atoms with Gasteiger partial charge in [0, 0.05) is 44.5 Å². The zero-order valence-corrected chi connectivity index (χ0v) is 19.8. The molecule has 0 aliphatic carbocycles. The second-order valence-electron chi connectivity index (χ2n) is 8.71. The summed E-state index contributed by atoms with van der Waals surface area (Å²) in [6.07, 6.45) is -0.126. The van der Waals surface area contributed by atoms with Crippen molar-refractivity contribution in [1.82, 2.24) is 9.80 Å². The largest absolute Gasteiger partial charge is 0.491 e. The van der Waals surface area contributed by atoms with E-state index in [0.717, 1.165) is 6.54 Å². The lowest BCUT2D eigenvalue weighted by molar-refractivity contribution is 0.0150. The van der Waals surface area contributed by atoms with Gasteiger partial charge in [0.05, 0.1) is 11.7 Å². The number of carbonyl (C=O) groups is 2. The Bertz CT molecular complexity index is 982. The van der Waals surface area contributed by atoms with Gasteiger partial charge in [-0.1, -0.05) is 6.92 Å². The summed E-state index contributed by atoms with van der Waals surface area (Å²) in [7, 11) is 5.44. The molecule has 1 aliphatic heterocycles. The molecule has 0 radical (unpaired) electrons. The van der Waals surface area contributed by atoms with Crippen molar-refractivity contribution in [2.24, 2.45) is 5.92 Å². The second-order valence-corrected chi connectivity index (χ2v) is 8.71. The van der Waals surface area contributed by atoms with Gasteiger partial charge in [-0.15, -0.1) is 0 Å². The zero-order chi connectivity index (χ0) is 24.1. The van der Waals surface area contributed by atoms with E-state index in [1.54, 1.807) is 37.3 Å². The first-order valence-electron chi connectivity index (χ1n) is 11.0. The van der Waals surface area contributed by atoms with E-state index in [-0.39, 0.29) is 24.0 Å². The van der Waals surface area contributed by atoms with Crippen molar-refractivity contribution in [3.05, 3.63) is 59.4 Å². The van der Waals surface area contributed by atoms with Crippen molar-refractivity contribution >= 4 is 17.5 Å². The molecule has 2 aromatic rings. The standard InChI is InChI=1S/C25H32FN3O4/c1-16-13-28(3)17(2)15-33-22-11-10-20(27-24(30)18-6-8-19(26)9-7-18)12-21(22)25(31)29(4)14-23(16)32-5/h6-12,16-17,23H,13-15H2,1-5H3,(H,27,30)/t16-,17+,23-/m1/s1. The summed E-state index contributed by atoms with van der Waals surface area (Å²) in [4.78, 5) is 29.7. The van der Waals surface area contributed by atoms with Crippen LogP contribution < -0.4 is 10.1 Å². The number of rotatable bonds is 3. The topological polar surface area (TPSA) is 71.1 Å². The summed E-state index contributed by atoms with van der Waals surface area (Å²) in [6.45, 7) is 5.83. The minimum absolute atomic E-state index is 0.126. The molecule has 178 valence electrons. The predicted molar refractivity (Wildman–Crippen MR) is 125 cm³/mol. The molecule has 1 N–H and O–H groups in total. The second kappa shape index (κ2) is 10.8. The molecule has 0 bridgehead atoms. The first kappa shape index (κ1) is 24.7. The lowest BCUT2D eigenvalue weighted by atomic mass is 10.0. The molecule has 0 spiro atoms. The first-order valence-corrected chi connectivity index (χ1v) is 11.0. The summed E-state index contributed by atoms with van der Waals surface area (Å²) >= 11 is 0. The molecule has 0 saturated carbocycles. The SMILES string of the molecule is CO[C@@H]1CN(C)C(=O)c2cc(NC(=O)c3ccc(F)cc3)ccc2OC[C@H](C)N(C)C[C@H]1C. The van der Waals surface area contributed by atoms with Crippen LogP contribution in [0, 0.1) is 11.7 Å². The Balaban J connectivity index is 1.90. The number of halogens is 1. The molecule has 1 aliphatic rings. The van der Waals surface area contributed by atoms with Crippen LogP contribution in [0.15, 0.2) is 42.5 Å². The van der Waals surface area contributed by atoms with Crippen molar-refractivity contribution in [3.63, 3.8) is 0 Å². The molecule has 0 aromatic heterocycles. The quantitative estimate of drug-likeness (QED) is 0.764. The fraction of sp³-hybridized carbons (Fsp3) is 0.440. The number of anilines is 1. The van der Waals surface area contributed by atoms with Crippen LogP contribution in [-0.4, -0.2) is 74.7 Å². The fourth-order valence-corrected chi connectivity index (χ4v) is 3.84. The molecule has 2 amide bonds. The summed E-state index contributed by atoms with van der Waals surface area (Å²) in [5, 5.41) is 2.77. The van der Waals surface area contributed by atoms with Crippen LogP contribution in [0.5, 0.6) is 5.75 Å². The van der Waals surface area contributed by atoms with Crippen LogP contribution in [0.1, 0.15) is 34.6 Å². The van der Waals surface area contributed by atoms with Gasteiger partial charge in [0.25, 0.3) is 11.8 Å². The van der Waals surface area contributed by atoms with Crippen LogP contribution in [0.4, 0.5) is 10.1 Å². The lowest BCUT2D eigenvalue weighted by Crippen LogP contribution is -2.45. The highest BCUT2D eigenvalue weighted by molar-refractivity contribution is 6.05. The zero-order valence-electron chi connectivity index (χ0n) is 19.8. The van der Waals surface area contributed by atoms with Crippen LogP contribution in [0.25, 0.3) is 0 Å². The number of benzene rings is 2. The molecule has 1 heterocycles. The number of hydrogen-bond acceptors (Lipinski definition) is 5. The molecule has 3 atom stereocenters. The van der Waals surface area contributed by atoms with Crippen LogP contribution >= 0.6 is 0 Å². The van der Waals surface area contributed by atoms with Gasteiger partial charge in [-0.25, -0.2) is 4.39 Å². The van der Waals surface area contributed by atoms with Gasteiger partial charge < -0.3 is 19.7 Å². The molecule has 7 nitrogen and oxygen atoms in total. The van der Waals surface area contributed by atoms with Crippen molar-refractivity contribution in [2.45, 2.75) is 26.0 Å². The van der Waals surface area contributed by atoms with E-state index in [9.17, 15) is 14.0 Å². The number of hydrogen-bond donors (Lipinski definition) is 1. The Hall–Kier alpha value is -2.97. The maximum Gasteiger partial charge on any atom is 0.257 e. The summed E-state index contributed by atoms with van der Waals surface area (Å²) < 4.78 is 24.9. The predicted octanol–water partition coefficient (Wildman–Crippen LogP) is 3.51. The number of carbonyl (C=O) groups excluding carboxylic acids is 2. The fourth-order valence-electron chi connectivity index (χ4n) is 3.84. The Morgan fingerprint density at radius 2 is 1.82 bits per heavy atom. The van der Waals surface area contributed by atoms with Crippen LogP contribution in [0.2, 0.25) is 0 Å². The highest BCUT2D eigenvalue weighted by Gasteiger charge is 2.27. The lowest BCUT2D eigenvalue weighted by Gasteiger charge is -2.34. The number of nitrogens with zero attached hydrogens (tertiary/aromatic N) is 2. The third kappa shape index (κ3) is 6.09. The highest BCUT2D eigenvalue weighted by Crippen LogP contribution is 2.26. The number of ether oxygens (including phenoxy) is 2. The van der Waals surface area contributed by atoms with E-state index < -0.39 is 11.7 Å². The monoisotopic (exact) mass is 457 g/mol. The van der Waals surface area contributed by atoms with Crippen LogP contribution in [0.3, 0.4) is 0 Å². The van der Waals surface area contributed by atoms with E-state index in [4.69, 9.17) is 9.47 Å². The van der Waals surface area contributed by atoms with Crippen molar-refractivity contribution in [3.8, 4) is 5.75 Å².